The summed E-state index contributed by atoms with van der Waals surface area (Å²) < 4.78 is 0. The Kier molecular flexibility index (Phi) is 4.93. The van der Waals surface area contributed by atoms with Gasteiger partial charge in [-0.15, -0.1) is 5.10 Å². The zero-order valence-corrected chi connectivity index (χ0v) is 12.3. The largest absolute Gasteiger partial charge is 0.478 e. The molecule has 1 saturated carbocycles. The predicted octanol–water partition coefficient (Wildman–Crippen LogP) is 2.90. The van der Waals surface area contributed by atoms with Crippen molar-refractivity contribution in [1.82, 2.24) is 10.2 Å². The Morgan fingerprint density at radius 3 is 2.50 bits per heavy atom. The summed E-state index contributed by atoms with van der Waals surface area (Å²) in [4.78, 5) is 11.6. The maximum atomic E-state index is 11.6. The lowest BCUT2D eigenvalue weighted by molar-refractivity contribution is 0.0696. The van der Waals surface area contributed by atoms with Gasteiger partial charge in [-0.3, -0.25) is 0 Å². The Balaban J connectivity index is 2.24. The molecule has 0 spiro atoms. The molecule has 2 N–H and O–H groups in total. The van der Waals surface area contributed by atoms with Crippen molar-refractivity contribution >= 4 is 11.8 Å². The average molecular weight is 277 g/mol. The number of carbonyl (C=O) groups is 1. The van der Waals surface area contributed by atoms with E-state index in [1.54, 1.807) is 0 Å². The number of hydrogen-bond acceptors (Lipinski definition) is 4. The molecule has 5 nitrogen and oxygen atoms in total. The van der Waals surface area contributed by atoms with Gasteiger partial charge < -0.3 is 10.4 Å². The van der Waals surface area contributed by atoms with Gasteiger partial charge in [-0.25, -0.2) is 4.79 Å². The van der Waals surface area contributed by atoms with Crippen LogP contribution in [0.2, 0.25) is 0 Å². The lowest BCUT2D eigenvalue weighted by Crippen LogP contribution is -2.18. The highest BCUT2D eigenvalue weighted by atomic mass is 16.4. The average Bonchev–Trinajstić information content (AvgIpc) is 2.96. The molecular formula is C15H23N3O2. The van der Waals surface area contributed by atoms with E-state index in [2.05, 4.69) is 15.5 Å². The molecule has 110 valence electrons. The van der Waals surface area contributed by atoms with Gasteiger partial charge in [0.15, 0.2) is 5.82 Å². The Hall–Kier alpha value is -1.65. The summed E-state index contributed by atoms with van der Waals surface area (Å²) in [5.41, 5.74) is 1.90. The smallest absolute Gasteiger partial charge is 0.339 e. The zero-order valence-electron chi connectivity index (χ0n) is 12.3. The van der Waals surface area contributed by atoms with Crippen LogP contribution in [0.5, 0.6) is 0 Å². The first-order valence-electron chi connectivity index (χ1n) is 7.52. The molecule has 0 amide bonds. The molecule has 0 bridgehead atoms. The van der Waals surface area contributed by atoms with Crippen LogP contribution in [0.1, 0.15) is 61.1 Å². The highest BCUT2D eigenvalue weighted by Crippen LogP contribution is 2.26. The minimum Gasteiger partial charge on any atom is -0.478 e. The number of rotatable bonds is 6. The second-order valence-corrected chi connectivity index (χ2v) is 5.39. The maximum absolute atomic E-state index is 11.6. The summed E-state index contributed by atoms with van der Waals surface area (Å²) in [7, 11) is 0. The van der Waals surface area contributed by atoms with Crippen molar-refractivity contribution in [3.63, 3.8) is 0 Å². The lowest BCUT2D eigenvalue weighted by Gasteiger charge is -2.15. The van der Waals surface area contributed by atoms with Gasteiger partial charge in [0.1, 0.15) is 5.56 Å². The van der Waals surface area contributed by atoms with Crippen LogP contribution in [0.25, 0.3) is 0 Å². The summed E-state index contributed by atoms with van der Waals surface area (Å²) in [6, 6.07) is 0. The van der Waals surface area contributed by atoms with E-state index in [1.165, 1.54) is 25.7 Å². The minimum atomic E-state index is -0.916. The number of carboxylic acids is 1. The molecule has 5 heteroatoms. The second kappa shape index (κ2) is 6.68. The molecule has 1 aliphatic rings. The lowest BCUT2D eigenvalue weighted by atomic mass is 10.0. The third kappa shape index (κ3) is 3.08. The van der Waals surface area contributed by atoms with Crippen molar-refractivity contribution in [2.24, 2.45) is 5.92 Å². The van der Waals surface area contributed by atoms with E-state index < -0.39 is 5.97 Å². The number of nitrogens with zero attached hydrogens (tertiary/aromatic N) is 2. The third-order valence-corrected chi connectivity index (χ3v) is 4.09. The third-order valence-electron chi connectivity index (χ3n) is 4.09. The summed E-state index contributed by atoms with van der Waals surface area (Å²) in [5, 5.41) is 21.0. The highest BCUT2D eigenvalue weighted by Gasteiger charge is 2.21. The first-order valence-corrected chi connectivity index (χ1v) is 7.52. The molecule has 0 saturated heterocycles. The van der Waals surface area contributed by atoms with E-state index in [1.807, 2.05) is 13.8 Å². The molecular weight excluding hydrogens is 254 g/mol. The highest BCUT2D eigenvalue weighted by molar-refractivity contribution is 5.95. The fourth-order valence-electron chi connectivity index (χ4n) is 2.98. The van der Waals surface area contributed by atoms with Crippen molar-refractivity contribution in [3.05, 3.63) is 16.8 Å². The van der Waals surface area contributed by atoms with Gasteiger partial charge in [-0.05, 0) is 37.2 Å². The first-order chi connectivity index (χ1) is 9.67. The molecule has 0 atom stereocenters. The molecule has 1 fully saturated rings. The molecule has 1 heterocycles. The molecule has 0 unspecified atom stereocenters. The van der Waals surface area contributed by atoms with Crippen LogP contribution >= 0.6 is 0 Å². The van der Waals surface area contributed by atoms with Crippen molar-refractivity contribution in [1.29, 1.82) is 0 Å². The number of aromatic nitrogens is 2. The van der Waals surface area contributed by atoms with Gasteiger partial charge in [0.25, 0.3) is 0 Å². The van der Waals surface area contributed by atoms with Gasteiger partial charge in [-0.1, -0.05) is 26.7 Å². The number of aromatic carboxylic acids is 1. The summed E-state index contributed by atoms with van der Waals surface area (Å²) in [6.45, 7) is 4.73. The molecule has 0 aromatic carbocycles. The van der Waals surface area contributed by atoms with E-state index in [0.717, 1.165) is 17.8 Å². The molecule has 1 aliphatic carbocycles. The van der Waals surface area contributed by atoms with Crippen LogP contribution in [0.15, 0.2) is 0 Å². The van der Waals surface area contributed by atoms with Crippen LogP contribution in [0.3, 0.4) is 0 Å². The summed E-state index contributed by atoms with van der Waals surface area (Å²) in [6.07, 6.45) is 6.36. The zero-order chi connectivity index (χ0) is 14.5. The van der Waals surface area contributed by atoms with Gasteiger partial charge in [0, 0.05) is 6.54 Å². The van der Waals surface area contributed by atoms with Crippen LogP contribution in [-0.2, 0) is 12.8 Å². The molecule has 1 aromatic rings. The number of hydrogen-bond donors (Lipinski definition) is 2. The summed E-state index contributed by atoms with van der Waals surface area (Å²) >= 11 is 0. The predicted molar refractivity (Wildman–Crippen MR) is 78.2 cm³/mol. The van der Waals surface area contributed by atoms with Gasteiger partial charge in [-0.2, -0.15) is 5.10 Å². The van der Waals surface area contributed by atoms with Crippen molar-refractivity contribution in [2.45, 2.75) is 52.4 Å². The number of anilines is 1. The maximum Gasteiger partial charge on any atom is 0.339 e. The van der Waals surface area contributed by atoms with Crippen molar-refractivity contribution < 1.29 is 9.90 Å². The molecule has 2 rings (SSSR count). The molecule has 0 radical (unpaired) electrons. The van der Waals surface area contributed by atoms with Crippen LogP contribution in [0.4, 0.5) is 5.82 Å². The first kappa shape index (κ1) is 14.8. The van der Waals surface area contributed by atoms with Crippen LogP contribution in [-0.4, -0.2) is 27.8 Å². The van der Waals surface area contributed by atoms with Crippen LogP contribution in [0, 0.1) is 5.92 Å². The Labute approximate surface area is 119 Å². The monoisotopic (exact) mass is 277 g/mol. The normalized spacial score (nSPS) is 15.5. The van der Waals surface area contributed by atoms with Crippen molar-refractivity contribution in [3.8, 4) is 0 Å². The molecule has 0 aliphatic heterocycles. The fraction of sp³-hybridized carbons (Fsp3) is 0.667. The van der Waals surface area contributed by atoms with E-state index in [0.29, 0.717) is 30.1 Å². The quantitative estimate of drug-likeness (QED) is 0.836. The number of nitrogens with one attached hydrogen (secondary N) is 1. The summed E-state index contributed by atoms with van der Waals surface area (Å²) in [5.74, 6) is 0.146. The molecule has 1 aromatic heterocycles. The Morgan fingerprint density at radius 1 is 1.25 bits per heavy atom. The number of aryl methyl sites for hydroxylation is 1. The second-order valence-electron chi connectivity index (χ2n) is 5.39. The SMILES string of the molecule is CCc1nnc(NCC2CCCC2)c(C(=O)O)c1CC. The van der Waals surface area contributed by atoms with E-state index in [-0.39, 0.29) is 0 Å². The van der Waals surface area contributed by atoms with E-state index in [9.17, 15) is 9.90 Å². The Bertz CT molecular complexity index is 482. The topological polar surface area (TPSA) is 75.1 Å². The Morgan fingerprint density at radius 2 is 1.95 bits per heavy atom. The van der Waals surface area contributed by atoms with Crippen molar-refractivity contribution in [2.75, 3.05) is 11.9 Å². The van der Waals surface area contributed by atoms with Gasteiger partial charge in [0.2, 0.25) is 0 Å². The fourth-order valence-corrected chi connectivity index (χ4v) is 2.98. The molecule has 20 heavy (non-hydrogen) atoms. The van der Waals surface area contributed by atoms with Gasteiger partial charge in [0.05, 0.1) is 5.69 Å². The van der Waals surface area contributed by atoms with E-state index >= 15 is 0 Å². The standard InChI is InChI=1S/C15H23N3O2/c1-3-11-12(4-2)17-18-14(13(11)15(19)20)16-9-10-7-5-6-8-10/h10H,3-9H2,1-2H3,(H,16,18)(H,19,20). The van der Waals surface area contributed by atoms with Gasteiger partial charge >= 0.3 is 5.97 Å². The van der Waals surface area contributed by atoms with Crippen LogP contribution < -0.4 is 5.32 Å². The number of carboxylic acid groups (broad SMARTS) is 1. The van der Waals surface area contributed by atoms with E-state index in [4.69, 9.17) is 0 Å². The minimum absolute atomic E-state index is 0.303.